The number of imidazole rings is 1. The van der Waals surface area contributed by atoms with Gasteiger partial charge in [-0.1, -0.05) is 19.1 Å². The zero-order valence-corrected chi connectivity index (χ0v) is 15.9. The molecule has 6 nitrogen and oxygen atoms in total. The summed E-state index contributed by atoms with van der Waals surface area (Å²) in [4.78, 5) is 11.5. The lowest BCUT2D eigenvalue weighted by Gasteiger charge is -2.39. The average Bonchev–Trinajstić information content (AvgIpc) is 3.20. The van der Waals surface area contributed by atoms with Gasteiger partial charge in [0, 0.05) is 32.0 Å². The number of ether oxygens (including phenoxy) is 1. The van der Waals surface area contributed by atoms with Gasteiger partial charge < -0.3 is 19.5 Å². The number of benzene rings is 1. The van der Waals surface area contributed by atoms with Crippen LogP contribution in [0.25, 0.3) is 0 Å². The van der Waals surface area contributed by atoms with Gasteiger partial charge in [-0.05, 0) is 37.0 Å². The maximum atomic E-state index is 5.22. The van der Waals surface area contributed by atoms with Gasteiger partial charge in [-0.25, -0.2) is 9.98 Å². The topological polar surface area (TPSA) is 54.7 Å². The summed E-state index contributed by atoms with van der Waals surface area (Å²) in [6, 6.07) is 8.53. The summed E-state index contributed by atoms with van der Waals surface area (Å²) in [5, 5.41) is 3.45. The van der Waals surface area contributed by atoms with E-state index in [1.807, 2.05) is 24.7 Å². The van der Waals surface area contributed by atoms with E-state index in [0.29, 0.717) is 18.5 Å². The maximum Gasteiger partial charge on any atom is 0.194 e. The number of rotatable bonds is 5. The van der Waals surface area contributed by atoms with Crippen molar-refractivity contribution >= 4 is 5.96 Å². The van der Waals surface area contributed by atoms with Crippen LogP contribution in [0.4, 0.5) is 0 Å². The van der Waals surface area contributed by atoms with E-state index in [1.54, 1.807) is 7.11 Å². The first-order valence-electron chi connectivity index (χ1n) is 9.35. The number of nitrogens with zero attached hydrogens (tertiary/aromatic N) is 4. The molecule has 1 fully saturated rings. The van der Waals surface area contributed by atoms with Crippen molar-refractivity contribution in [1.82, 2.24) is 19.8 Å². The lowest BCUT2D eigenvalue weighted by atomic mass is 9.93. The number of aliphatic imine (C=N–C) groups is 1. The number of hydrogen-bond donors (Lipinski definition) is 1. The molecule has 0 saturated carbocycles. The highest BCUT2D eigenvalue weighted by molar-refractivity contribution is 5.80. The summed E-state index contributed by atoms with van der Waals surface area (Å²) in [5.74, 6) is 2.49. The molecule has 1 saturated heterocycles. The Morgan fingerprint density at radius 3 is 2.81 bits per heavy atom. The Balaban J connectivity index is 1.71. The van der Waals surface area contributed by atoms with E-state index in [2.05, 4.69) is 51.9 Å². The van der Waals surface area contributed by atoms with Crippen molar-refractivity contribution in [2.24, 2.45) is 10.9 Å². The smallest absolute Gasteiger partial charge is 0.194 e. The highest BCUT2D eigenvalue weighted by Gasteiger charge is 2.28. The summed E-state index contributed by atoms with van der Waals surface area (Å²) < 4.78 is 7.45. The van der Waals surface area contributed by atoms with Crippen molar-refractivity contribution < 1.29 is 4.74 Å². The zero-order valence-electron chi connectivity index (χ0n) is 15.9. The molecule has 0 bridgehead atoms. The molecule has 1 aliphatic rings. The SMILES string of the molecule is CCNC(=NCc1ccc(OC)cc1)N1CCC(C)C(n2ccnc2)C1. The fourth-order valence-corrected chi connectivity index (χ4v) is 3.42. The molecular formula is C20H29N5O. The molecule has 1 N–H and O–H groups in total. The summed E-state index contributed by atoms with van der Waals surface area (Å²) in [5.41, 5.74) is 1.18. The normalized spacial score (nSPS) is 20.9. The van der Waals surface area contributed by atoms with Crippen LogP contribution in [0.3, 0.4) is 0 Å². The van der Waals surface area contributed by atoms with Crippen molar-refractivity contribution in [1.29, 1.82) is 0 Å². The van der Waals surface area contributed by atoms with Gasteiger partial charge in [0.25, 0.3) is 0 Å². The van der Waals surface area contributed by atoms with Crippen LogP contribution in [0, 0.1) is 5.92 Å². The highest BCUT2D eigenvalue weighted by atomic mass is 16.5. The Labute approximate surface area is 155 Å². The van der Waals surface area contributed by atoms with Gasteiger partial charge in [0.05, 0.1) is 26.0 Å². The van der Waals surface area contributed by atoms with E-state index in [0.717, 1.165) is 37.8 Å². The quantitative estimate of drug-likeness (QED) is 0.662. The lowest BCUT2D eigenvalue weighted by Crippen LogP contribution is -2.49. The minimum atomic E-state index is 0.427. The number of piperidine rings is 1. The van der Waals surface area contributed by atoms with Crippen molar-refractivity contribution in [3.8, 4) is 5.75 Å². The molecule has 2 heterocycles. The fourth-order valence-electron chi connectivity index (χ4n) is 3.42. The predicted octanol–water partition coefficient (Wildman–Crippen LogP) is 2.94. The Morgan fingerprint density at radius 2 is 2.15 bits per heavy atom. The van der Waals surface area contributed by atoms with Gasteiger partial charge in [0.2, 0.25) is 0 Å². The van der Waals surface area contributed by atoms with E-state index in [1.165, 1.54) is 5.56 Å². The molecule has 0 radical (unpaired) electrons. The van der Waals surface area contributed by atoms with Crippen LogP contribution in [0.1, 0.15) is 31.9 Å². The Kier molecular flexibility index (Phi) is 6.15. The largest absolute Gasteiger partial charge is 0.497 e. The minimum absolute atomic E-state index is 0.427. The first-order chi connectivity index (χ1) is 12.7. The van der Waals surface area contributed by atoms with E-state index in [4.69, 9.17) is 9.73 Å². The molecule has 6 heteroatoms. The van der Waals surface area contributed by atoms with E-state index in [-0.39, 0.29) is 0 Å². The molecule has 140 valence electrons. The standard InChI is InChI=1S/C20H29N5O/c1-4-22-20(23-13-17-5-7-18(26-3)8-6-17)24-11-9-16(2)19(14-24)25-12-10-21-15-25/h5-8,10,12,15-16,19H,4,9,11,13-14H2,1-3H3,(H,22,23). The predicted molar refractivity (Wildman–Crippen MR) is 104 cm³/mol. The summed E-state index contributed by atoms with van der Waals surface area (Å²) in [6.07, 6.45) is 6.99. The summed E-state index contributed by atoms with van der Waals surface area (Å²) in [7, 11) is 1.68. The molecular weight excluding hydrogens is 326 g/mol. The van der Waals surface area contributed by atoms with Crippen LogP contribution in [-0.2, 0) is 6.54 Å². The molecule has 26 heavy (non-hydrogen) atoms. The molecule has 0 spiro atoms. The molecule has 0 aliphatic carbocycles. The van der Waals surface area contributed by atoms with Crippen LogP contribution in [0.2, 0.25) is 0 Å². The van der Waals surface area contributed by atoms with Gasteiger partial charge in [-0.3, -0.25) is 0 Å². The van der Waals surface area contributed by atoms with Gasteiger partial charge >= 0.3 is 0 Å². The van der Waals surface area contributed by atoms with Crippen LogP contribution in [-0.4, -0.2) is 47.2 Å². The molecule has 3 rings (SSSR count). The van der Waals surface area contributed by atoms with Crippen molar-refractivity contribution in [3.63, 3.8) is 0 Å². The first kappa shape index (κ1) is 18.3. The molecule has 1 aliphatic heterocycles. The fraction of sp³-hybridized carbons (Fsp3) is 0.500. The molecule has 2 aromatic rings. The summed E-state index contributed by atoms with van der Waals surface area (Å²) in [6.45, 7) is 7.94. The number of guanidine groups is 1. The Bertz CT molecular complexity index is 696. The first-order valence-corrected chi connectivity index (χ1v) is 9.35. The second-order valence-corrected chi connectivity index (χ2v) is 6.81. The van der Waals surface area contributed by atoms with Gasteiger partial charge in [-0.15, -0.1) is 0 Å². The third kappa shape index (κ3) is 4.36. The van der Waals surface area contributed by atoms with Crippen LogP contribution >= 0.6 is 0 Å². The number of nitrogens with one attached hydrogen (secondary N) is 1. The van der Waals surface area contributed by atoms with Gasteiger partial charge in [0.1, 0.15) is 5.75 Å². The van der Waals surface area contributed by atoms with Gasteiger partial charge in [-0.2, -0.15) is 0 Å². The molecule has 2 unspecified atom stereocenters. The van der Waals surface area contributed by atoms with E-state index >= 15 is 0 Å². The zero-order chi connectivity index (χ0) is 18.4. The second-order valence-electron chi connectivity index (χ2n) is 6.81. The highest BCUT2D eigenvalue weighted by Crippen LogP contribution is 2.27. The monoisotopic (exact) mass is 355 g/mol. The van der Waals surface area contributed by atoms with Crippen LogP contribution in [0.15, 0.2) is 48.0 Å². The van der Waals surface area contributed by atoms with E-state index in [9.17, 15) is 0 Å². The number of methoxy groups -OCH3 is 1. The third-order valence-electron chi connectivity index (χ3n) is 5.03. The number of likely N-dealkylation sites (tertiary alicyclic amines) is 1. The maximum absolute atomic E-state index is 5.22. The third-order valence-corrected chi connectivity index (χ3v) is 5.03. The van der Waals surface area contributed by atoms with E-state index < -0.39 is 0 Å². The van der Waals surface area contributed by atoms with Crippen molar-refractivity contribution in [3.05, 3.63) is 48.5 Å². The van der Waals surface area contributed by atoms with Crippen LogP contribution < -0.4 is 10.1 Å². The lowest BCUT2D eigenvalue weighted by molar-refractivity contribution is 0.189. The van der Waals surface area contributed by atoms with Crippen LogP contribution in [0.5, 0.6) is 5.75 Å². The second kappa shape index (κ2) is 8.74. The molecule has 1 aromatic heterocycles. The summed E-state index contributed by atoms with van der Waals surface area (Å²) >= 11 is 0. The molecule has 0 amide bonds. The number of hydrogen-bond acceptors (Lipinski definition) is 3. The molecule has 2 atom stereocenters. The number of aromatic nitrogens is 2. The Hall–Kier alpha value is -2.50. The van der Waals surface area contributed by atoms with Crippen molar-refractivity contribution in [2.45, 2.75) is 32.9 Å². The molecule has 1 aromatic carbocycles. The van der Waals surface area contributed by atoms with Gasteiger partial charge in [0.15, 0.2) is 5.96 Å². The Morgan fingerprint density at radius 1 is 1.35 bits per heavy atom. The van der Waals surface area contributed by atoms with Crippen molar-refractivity contribution in [2.75, 3.05) is 26.7 Å². The average molecular weight is 355 g/mol. The minimum Gasteiger partial charge on any atom is -0.497 e.